The zero-order valence-electron chi connectivity index (χ0n) is 9.83. The predicted molar refractivity (Wildman–Crippen MR) is 60.7 cm³/mol. The molecule has 0 saturated carbocycles. The van der Waals surface area contributed by atoms with Gasteiger partial charge in [0.1, 0.15) is 0 Å². The van der Waals surface area contributed by atoms with E-state index in [1.807, 2.05) is 0 Å². The lowest BCUT2D eigenvalue weighted by atomic mass is 9.99. The molecule has 0 aromatic carbocycles. The third-order valence-electron chi connectivity index (χ3n) is 2.96. The number of urea groups is 1. The molecule has 1 aromatic heterocycles. The number of aromatic nitrogens is 1. The molecule has 2 heterocycles. The highest BCUT2D eigenvalue weighted by atomic mass is 16.5. The third kappa shape index (κ3) is 2.99. The van der Waals surface area contributed by atoms with E-state index in [1.54, 1.807) is 6.07 Å². The Labute approximate surface area is 104 Å². The van der Waals surface area contributed by atoms with Crippen molar-refractivity contribution in [3.63, 3.8) is 0 Å². The van der Waals surface area contributed by atoms with E-state index in [2.05, 4.69) is 10.5 Å². The number of aliphatic carboxylic acids is 1. The van der Waals surface area contributed by atoms with Crippen LogP contribution in [0.2, 0.25) is 0 Å². The maximum atomic E-state index is 11.8. The number of hydrogen-bond donors (Lipinski definition) is 2. The molecule has 2 N–H and O–H groups in total. The molecule has 1 aromatic rings. The first-order chi connectivity index (χ1) is 8.66. The Hall–Kier alpha value is -2.05. The van der Waals surface area contributed by atoms with Crippen LogP contribution < -0.4 is 5.32 Å². The lowest BCUT2D eigenvalue weighted by Crippen LogP contribution is -2.46. The Morgan fingerprint density at radius 1 is 1.61 bits per heavy atom. The highest BCUT2D eigenvalue weighted by molar-refractivity contribution is 5.76. The lowest BCUT2D eigenvalue weighted by Gasteiger charge is -2.30. The van der Waals surface area contributed by atoms with Crippen molar-refractivity contribution in [1.82, 2.24) is 15.4 Å². The second-order valence-electron chi connectivity index (χ2n) is 4.26. The summed E-state index contributed by atoms with van der Waals surface area (Å²) in [7, 11) is 0. The Morgan fingerprint density at radius 3 is 3.11 bits per heavy atom. The van der Waals surface area contributed by atoms with Crippen molar-refractivity contribution in [2.45, 2.75) is 19.4 Å². The predicted octanol–water partition coefficient (Wildman–Crippen LogP) is 0.681. The summed E-state index contributed by atoms with van der Waals surface area (Å²) in [5.41, 5.74) is 0. The third-order valence-corrected chi connectivity index (χ3v) is 2.96. The van der Waals surface area contributed by atoms with Gasteiger partial charge in [0.05, 0.1) is 18.7 Å². The van der Waals surface area contributed by atoms with Gasteiger partial charge < -0.3 is 19.8 Å². The average Bonchev–Trinajstić information content (AvgIpc) is 2.89. The quantitative estimate of drug-likeness (QED) is 0.825. The minimum atomic E-state index is -0.845. The number of nitrogens with zero attached hydrogens (tertiary/aromatic N) is 2. The molecule has 7 heteroatoms. The van der Waals surface area contributed by atoms with Crippen molar-refractivity contribution in [1.29, 1.82) is 0 Å². The summed E-state index contributed by atoms with van der Waals surface area (Å²) in [5, 5.41) is 15.1. The summed E-state index contributed by atoms with van der Waals surface area (Å²) in [6.07, 6.45) is 2.84. The fraction of sp³-hybridized carbons (Fsp3) is 0.545. The summed E-state index contributed by atoms with van der Waals surface area (Å²) in [6.45, 7) is 1.11. The van der Waals surface area contributed by atoms with Gasteiger partial charge in [-0.1, -0.05) is 5.16 Å². The minimum Gasteiger partial charge on any atom is -0.481 e. The number of likely N-dealkylation sites (tertiary alicyclic amines) is 1. The number of rotatable bonds is 3. The summed E-state index contributed by atoms with van der Waals surface area (Å²) >= 11 is 0. The Balaban J connectivity index is 1.83. The first-order valence-corrected chi connectivity index (χ1v) is 5.82. The van der Waals surface area contributed by atoms with Gasteiger partial charge in [0.25, 0.3) is 0 Å². The molecule has 1 unspecified atom stereocenters. The first kappa shape index (κ1) is 12.4. The number of piperidine rings is 1. The van der Waals surface area contributed by atoms with Crippen molar-refractivity contribution >= 4 is 12.0 Å². The normalized spacial score (nSPS) is 19.6. The molecule has 0 spiro atoms. The van der Waals surface area contributed by atoms with Crippen LogP contribution in [0.5, 0.6) is 0 Å². The van der Waals surface area contributed by atoms with Gasteiger partial charge in [0.15, 0.2) is 5.76 Å². The summed E-state index contributed by atoms with van der Waals surface area (Å²) < 4.78 is 4.85. The van der Waals surface area contributed by atoms with Gasteiger partial charge in [0.2, 0.25) is 0 Å². The smallest absolute Gasteiger partial charge is 0.317 e. The number of carbonyl (C=O) groups is 2. The van der Waals surface area contributed by atoms with Crippen molar-refractivity contribution in [2.24, 2.45) is 5.92 Å². The number of carboxylic acids is 1. The van der Waals surface area contributed by atoms with Gasteiger partial charge in [-0.15, -0.1) is 0 Å². The second-order valence-corrected chi connectivity index (χ2v) is 4.26. The van der Waals surface area contributed by atoms with Crippen LogP contribution >= 0.6 is 0 Å². The van der Waals surface area contributed by atoms with Gasteiger partial charge in [-0.2, -0.15) is 0 Å². The zero-order valence-corrected chi connectivity index (χ0v) is 9.83. The fourth-order valence-electron chi connectivity index (χ4n) is 1.97. The minimum absolute atomic E-state index is 0.257. The van der Waals surface area contributed by atoms with Crippen molar-refractivity contribution in [3.8, 4) is 0 Å². The molecule has 1 fully saturated rings. The van der Waals surface area contributed by atoms with Crippen LogP contribution in [0.1, 0.15) is 18.6 Å². The molecule has 0 radical (unpaired) electrons. The number of carbonyl (C=O) groups excluding carboxylic acids is 1. The highest BCUT2D eigenvalue weighted by Crippen LogP contribution is 2.16. The molecular weight excluding hydrogens is 238 g/mol. The topological polar surface area (TPSA) is 95.7 Å². The molecule has 98 valence electrons. The second kappa shape index (κ2) is 5.52. The van der Waals surface area contributed by atoms with Crippen LogP contribution in [0.15, 0.2) is 16.8 Å². The maximum Gasteiger partial charge on any atom is 0.317 e. The molecule has 2 amide bonds. The van der Waals surface area contributed by atoms with E-state index in [0.29, 0.717) is 25.1 Å². The number of nitrogens with one attached hydrogen (secondary N) is 1. The first-order valence-electron chi connectivity index (χ1n) is 5.82. The number of carboxylic acid groups (broad SMARTS) is 1. The van der Waals surface area contributed by atoms with Gasteiger partial charge in [-0.3, -0.25) is 4.79 Å². The van der Waals surface area contributed by atoms with Crippen LogP contribution in [0.4, 0.5) is 4.79 Å². The Morgan fingerprint density at radius 2 is 2.44 bits per heavy atom. The van der Waals surface area contributed by atoms with E-state index in [0.717, 1.165) is 0 Å². The molecule has 18 heavy (non-hydrogen) atoms. The van der Waals surface area contributed by atoms with E-state index in [1.165, 1.54) is 11.1 Å². The van der Waals surface area contributed by atoms with E-state index < -0.39 is 11.9 Å². The van der Waals surface area contributed by atoms with Crippen LogP contribution in [-0.2, 0) is 11.3 Å². The molecule has 1 saturated heterocycles. The highest BCUT2D eigenvalue weighted by Gasteiger charge is 2.27. The molecule has 1 aliphatic heterocycles. The average molecular weight is 253 g/mol. The molecule has 0 aliphatic carbocycles. The number of hydrogen-bond acceptors (Lipinski definition) is 4. The van der Waals surface area contributed by atoms with E-state index in [9.17, 15) is 9.59 Å². The standard InChI is InChI=1S/C11H15N3O4/c15-10(16)8-2-1-5-14(7-8)11(17)12-6-9-3-4-13-18-9/h3-4,8H,1-2,5-7H2,(H,12,17)(H,15,16). The van der Waals surface area contributed by atoms with Gasteiger partial charge in [-0.05, 0) is 12.8 Å². The van der Waals surface area contributed by atoms with Crippen molar-refractivity contribution < 1.29 is 19.2 Å². The van der Waals surface area contributed by atoms with E-state index in [4.69, 9.17) is 9.63 Å². The molecule has 1 atom stereocenters. The van der Waals surface area contributed by atoms with Crippen molar-refractivity contribution in [2.75, 3.05) is 13.1 Å². The number of amides is 2. The SMILES string of the molecule is O=C(O)C1CCCN(C(=O)NCc2ccno2)C1. The van der Waals surface area contributed by atoms with Crippen LogP contribution in [0, 0.1) is 5.92 Å². The molecule has 2 rings (SSSR count). The monoisotopic (exact) mass is 253 g/mol. The molecule has 1 aliphatic rings. The maximum absolute atomic E-state index is 11.8. The zero-order chi connectivity index (χ0) is 13.0. The Kier molecular flexibility index (Phi) is 3.81. The van der Waals surface area contributed by atoms with Crippen LogP contribution in [-0.4, -0.2) is 40.3 Å². The molecule has 0 bridgehead atoms. The summed E-state index contributed by atoms with van der Waals surface area (Å²) in [5.74, 6) is -0.743. The lowest BCUT2D eigenvalue weighted by molar-refractivity contribution is -0.143. The fourth-order valence-corrected chi connectivity index (χ4v) is 1.97. The molecule has 7 nitrogen and oxygen atoms in total. The molecular formula is C11H15N3O4. The van der Waals surface area contributed by atoms with E-state index >= 15 is 0 Å². The summed E-state index contributed by atoms with van der Waals surface area (Å²) in [4.78, 5) is 24.2. The van der Waals surface area contributed by atoms with Gasteiger partial charge in [-0.25, -0.2) is 4.79 Å². The van der Waals surface area contributed by atoms with Crippen LogP contribution in [0.3, 0.4) is 0 Å². The van der Waals surface area contributed by atoms with Crippen LogP contribution in [0.25, 0.3) is 0 Å². The largest absolute Gasteiger partial charge is 0.481 e. The van der Waals surface area contributed by atoms with Crippen molar-refractivity contribution in [3.05, 3.63) is 18.0 Å². The Bertz CT molecular complexity index is 418. The van der Waals surface area contributed by atoms with Gasteiger partial charge in [0, 0.05) is 19.2 Å². The summed E-state index contributed by atoms with van der Waals surface area (Å²) in [6, 6.07) is 1.40. The van der Waals surface area contributed by atoms with Gasteiger partial charge >= 0.3 is 12.0 Å². The van der Waals surface area contributed by atoms with E-state index in [-0.39, 0.29) is 19.1 Å².